The summed E-state index contributed by atoms with van der Waals surface area (Å²) >= 11 is 0. The van der Waals surface area contributed by atoms with Gasteiger partial charge in [-0.05, 0) is 36.2 Å². The summed E-state index contributed by atoms with van der Waals surface area (Å²) in [5, 5.41) is 12.9. The minimum Gasteiger partial charge on any atom is -0.508 e. The van der Waals surface area contributed by atoms with Crippen molar-refractivity contribution in [1.29, 1.82) is 0 Å². The highest BCUT2D eigenvalue weighted by molar-refractivity contribution is 5.65. The molecule has 0 spiro atoms. The standard InChI is InChI=1S/C18H17N5O3/c19-18-21-16(13-2-1-3-15(24)10-13)11-17(22-18)20-9-8-12-4-6-14(7-5-12)23-25-26-23/h1-7,10-11,24H,8-9H2,(H3,19,20,21,22). The molecule has 0 radical (unpaired) electrons. The van der Waals surface area contributed by atoms with Crippen LogP contribution in [0.25, 0.3) is 16.9 Å². The van der Waals surface area contributed by atoms with E-state index in [1.807, 2.05) is 36.4 Å². The molecule has 4 N–H and O–H groups in total. The topological polar surface area (TPSA) is 115 Å². The average molecular weight is 351 g/mol. The number of nitrogen functional groups attached to an aromatic ring is 1. The first-order valence-electron chi connectivity index (χ1n) is 8.09. The van der Waals surface area contributed by atoms with E-state index in [4.69, 9.17) is 5.73 Å². The number of benzene rings is 2. The summed E-state index contributed by atoms with van der Waals surface area (Å²) in [6.45, 7) is 0.687. The van der Waals surface area contributed by atoms with Crippen molar-refractivity contribution in [3.05, 3.63) is 60.2 Å². The molecule has 2 aromatic carbocycles. The van der Waals surface area contributed by atoms with Crippen molar-refractivity contribution in [2.24, 2.45) is 0 Å². The molecule has 0 fully saturated rings. The van der Waals surface area contributed by atoms with E-state index in [9.17, 15) is 5.11 Å². The number of rotatable bonds is 6. The summed E-state index contributed by atoms with van der Waals surface area (Å²) in [4.78, 5) is 9.77. The lowest BCUT2D eigenvalue weighted by atomic mass is 10.1. The van der Waals surface area contributed by atoms with Gasteiger partial charge in [-0.2, -0.15) is 4.98 Å². The Morgan fingerprint density at radius 3 is 2.58 bits per heavy atom. The zero-order chi connectivity index (χ0) is 17.9. The van der Waals surface area contributed by atoms with Crippen LogP contribution in [0.5, 0.6) is 5.75 Å². The van der Waals surface area contributed by atoms with E-state index < -0.39 is 0 Å². The van der Waals surface area contributed by atoms with Gasteiger partial charge < -0.3 is 16.2 Å². The fourth-order valence-electron chi connectivity index (χ4n) is 2.59. The number of nitrogens with zero attached hydrogens (tertiary/aromatic N) is 3. The average Bonchev–Trinajstić information content (AvgIpc) is 3.47. The highest BCUT2D eigenvalue weighted by atomic mass is 17.3. The molecule has 0 saturated heterocycles. The predicted octanol–water partition coefficient (Wildman–Crippen LogP) is 3.06. The second-order valence-corrected chi connectivity index (χ2v) is 5.80. The Bertz CT molecular complexity index is 992. The maximum absolute atomic E-state index is 9.63. The molecule has 8 nitrogen and oxygen atoms in total. The minimum atomic E-state index is 0.177. The lowest BCUT2D eigenvalue weighted by Gasteiger charge is -2.09. The largest absolute Gasteiger partial charge is 0.508 e. The monoisotopic (exact) mass is 351 g/mol. The minimum absolute atomic E-state index is 0.177. The van der Waals surface area contributed by atoms with E-state index in [1.54, 1.807) is 18.2 Å². The van der Waals surface area contributed by atoms with E-state index in [0.29, 0.717) is 18.1 Å². The summed E-state index contributed by atoms with van der Waals surface area (Å²) in [5.74, 6) is 0.991. The smallest absolute Gasteiger partial charge is 0.222 e. The number of aromatic hydroxyl groups is 1. The summed E-state index contributed by atoms with van der Waals surface area (Å²) in [7, 11) is 0. The maximum atomic E-state index is 9.63. The highest BCUT2D eigenvalue weighted by Crippen LogP contribution is 2.24. The number of aromatic nitrogens is 3. The quantitative estimate of drug-likeness (QED) is 0.457. The fraction of sp³-hybridized carbons (Fsp3) is 0.111. The third-order valence-corrected chi connectivity index (χ3v) is 3.90. The van der Waals surface area contributed by atoms with Crippen LogP contribution in [0.3, 0.4) is 0 Å². The molecule has 4 rings (SSSR count). The van der Waals surface area contributed by atoms with Crippen LogP contribution in [0.4, 0.5) is 11.8 Å². The SMILES string of the molecule is Nc1nc(NCCc2ccc(-n3oo3)cc2)cc(-c2cccc(O)c2)n1. The van der Waals surface area contributed by atoms with Crippen molar-refractivity contribution in [1.82, 2.24) is 14.9 Å². The molecule has 0 aliphatic carbocycles. The van der Waals surface area contributed by atoms with E-state index in [1.165, 1.54) is 10.5 Å². The molecule has 132 valence electrons. The number of nitrogens with two attached hydrogens (primary N) is 1. The van der Waals surface area contributed by atoms with Gasteiger partial charge in [-0.3, -0.25) is 0 Å². The maximum Gasteiger partial charge on any atom is 0.222 e. The molecule has 4 aromatic rings. The second kappa shape index (κ2) is 6.67. The summed E-state index contributed by atoms with van der Waals surface area (Å²) in [5.41, 5.74) is 9.26. The van der Waals surface area contributed by atoms with Crippen LogP contribution in [0, 0.1) is 0 Å². The van der Waals surface area contributed by atoms with Crippen molar-refractivity contribution in [3.8, 4) is 22.7 Å². The molecule has 0 amide bonds. The van der Waals surface area contributed by atoms with Crippen molar-refractivity contribution < 1.29 is 14.5 Å². The van der Waals surface area contributed by atoms with Gasteiger partial charge in [0.1, 0.15) is 17.3 Å². The van der Waals surface area contributed by atoms with E-state index >= 15 is 0 Å². The van der Waals surface area contributed by atoms with Crippen molar-refractivity contribution >= 4 is 11.8 Å². The number of anilines is 2. The number of phenols is 1. The molecule has 0 saturated carbocycles. The molecular formula is C18H17N5O3. The Kier molecular flexibility index (Phi) is 4.06. The Hall–Kier alpha value is -3.68. The van der Waals surface area contributed by atoms with Crippen LogP contribution in [-0.4, -0.2) is 26.5 Å². The summed E-state index contributed by atoms with van der Waals surface area (Å²) in [6.07, 6.45) is 0.813. The number of phenolic OH excluding ortho intramolecular Hbond substituents is 1. The lowest BCUT2D eigenvalue weighted by Crippen LogP contribution is -2.08. The van der Waals surface area contributed by atoms with Gasteiger partial charge in [0.2, 0.25) is 5.95 Å². The van der Waals surface area contributed by atoms with Gasteiger partial charge in [-0.1, -0.05) is 24.3 Å². The van der Waals surface area contributed by atoms with Crippen LogP contribution >= 0.6 is 0 Å². The van der Waals surface area contributed by atoms with E-state index in [2.05, 4.69) is 24.6 Å². The van der Waals surface area contributed by atoms with Crippen LogP contribution in [0.2, 0.25) is 0 Å². The van der Waals surface area contributed by atoms with Crippen molar-refractivity contribution in [2.75, 3.05) is 17.6 Å². The summed E-state index contributed by atoms with van der Waals surface area (Å²) < 4.78 is 9.24. The Morgan fingerprint density at radius 2 is 1.85 bits per heavy atom. The molecule has 0 aliphatic heterocycles. The van der Waals surface area contributed by atoms with E-state index in [-0.39, 0.29) is 11.7 Å². The Balaban J connectivity index is 1.42. The first kappa shape index (κ1) is 15.8. The Labute approximate surface area is 148 Å². The molecule has 2 aromatic heterocycles. The third-order valence-electron chi connectivity index (χ3n) is 3.90. The normalized spacial score (nSPS) is 10.9. The number of nitrogens with one attached hydrogen (secondary N) is 1. The second-order valence-electron chi connectivity index (χ2n) is 5.80. The number of hydrogen-bond donors (Lipinski definition) is 3. The van der Waals surface area contributed by atoms with Crippen molar-refractivity contribution in [2.45, 2.75) is 6.42 Å². The molecule has 26 heavy (non-hydrogen) atoms. The first-order chi connectivity index (χ1) is 12.7. The van der Waals surface area contributed by atoms with Gasteiger partial charge >= 0.3 is 0 Å². The van der Waals surface area contributed by atoms with Gasteiger partial charge in [0.25, 0.3) is 0 Å². The zero-order valence-electron chi connectivity index (χ0n) is 13.8. The van der Waals surface area contributed by atoms with Gasteiger partial charge in [0.15, 0.2) is 0 Å². The van der Waals surface area contributed by atoms with E-state index in [0.717, 1.165) is 17.7 Å². The lowest BCUT2D eigenvalue weighted by molar-refractivity contribution is 0.264. The van der Waals surface area contributed by atoms with Gasteiger partial charge in [-0.15, -0.1) is 9.36 Å². The Morgan fingerprint density at radius 1 is 1.04 bits per heavy atom. The molecule has 0 atom stereocenters. The summed E-state index contributed by atoms with van der Waals surface area (Å²) in [6, 6.07) is 16.5. The van der Waals surface area contributed by atoms with Crippen molar-refractivity contribution in [3.63, 3.8) is 0 Å². The highest BCUT2D eigenvalue weighted by Gasteiger charge is 2.07. The predicted molar refractivity (Wildman–Crippen MR) is 96.0 cm³/mol. The van der Waals surface area contributed by atoms with Crippen LogP contribution in [-0.2, 0) is 6.42 Å². The molecule has 2 heterocycles. The van der Waals surface area contributed by atoms with Gasteiger partial charge in [0, 0.05) is 18.2 Å². The molecule has 0 aliphatic rings. The first-order valence-corrected chi connectivity index (χ1v) is 8.09. The van der Waals surface area contributed by atoms with Gasteiger partial charge in [-0.25, -0.2) is 4.98 Å². The van der Waals surface area contributed by atoms with Crippen LogP contribution < -0.4 is 11.1 Å². The molecule has 0 unspecified atom stereocenters. The number of hydrogen-bond acceptors (Lipinski definition) is 7. The molecular weight excluding hydrogens is 334 g/mol. The molecule has 0 bridgehead atoms. The zero-order valence-corrected chi connectivity index (χ0v) is 13.8. The molecule has 8 heteroatoms. The fourth-order valence-corrected chi connectivity index (χ4v) is 2.59. The van der Waals surface area contributed by atoms with Crippen LogP contribution in [0.15, 0.2) is 64.0 Å². The third kappa shape index (κ3) is 3.69. The van der Waals surface area contributed by atoms with Crippen LogP contribution in [0.1, 0.15) is 5.56 Å². The van der Waals surface area contributed by atoms with Gasteiger partial charge in [0.05, 0.1) is 10.6 Å².